The molecule has 0 amide bonds. The predicted octanol–water partition coefficient (Wildman–Crippen LogP) is 3.43. The van der Waals surface area contributed by atoms with Crippen LogP contribution in [0.1, 0.15) is 6.92 Å². The Kier molecular flexibility index (Phi) is 3.93. The summed E-state index contributed by atoms with van der Waals surface area (Å²) in [6, 6.07) is 7.67. The minimum Gasteiger partial charge on any atom is -0.494 e. The molecule has 1 heterocycles. The Morgan fingerprint density at radius 2 is 1.88 bits per heavy atom. The first-order valence-electron chi connectivity index (χ1n) is 5.16. The van der Waals surface area contributed by atoms with Crippen molar-refractivity contribution in [2.45, 2.75) is 6.92 Å². The Labute approximate surface area is 108 Å². The summed E-state index contributed by atoms with van der Waals surface area (Å²) >= 11 is 3.26. The van der Waals surface area contributed by atoms with E-state index >= 15 is 0 Å². The second-order valence-corrected chi connectivity index (χ2v) is 4.11. The van der Waals surface area contributed by atoms with Crippen LogP contribution in [0.25, 0.3) is 0 Å². The minimum atomic E-state index is 0.307. The number of aromatic nitrogens is 2. The molecule has 0 N–H and O–H groups in total. The lowest BCUT2D eigenvalue weighted by atomic mass is 10.3. The van der Waals surface area contributed by atoms with Crippen LogP contribution in [-0.2, 0) is 0 Å². The van der Waals surface area contributed by atoms with Crippen LogP contribution < -0.4 is 9.47 Å². The summed E-state index contributed by atoms with van der Waals surface area (Å²) in [5.41, 5.74) is 0. The molecule has 0 aliphatic carbocycles. The van der Waals surface area contributed by atoms with E-state index in [9.17, 15) is 0 Å². The number of nitrogens with zero attached hydrogens (tertiary/aromatic N) is 2. The van der Waals surface area contributed by atoms with Gasteiger partial charge in [-0.25, -0.2) is 9.97 Å². The molecule has 0 fully saturated rings. The highest BCUT2D eigenvalue weighted by atomic mass is 79.9. The molecule has 5 heteroatoms. The standard InChI is InChI=1S/C12H11BrN2O2/c1-2-16-10-4-3-5-11(6-10)17-12-14-7-9(13)8-15-12/h3-8H,2H2,1H3. The third-order valence-corrected chi connectivity index (χ3v) is 2.33. The van der Waals surface area contributed by atoms with Crippen molar-refractivity contribution in [3.63, 3.8) is 0 Å². The Bertz CT molecular complexity index is 488. The first kappa shape index (κ1) is 11.9. The molecular formula is C12H11BrN2O2. The fourth-order valence-corrected chi connectivity index (χ4v) is 1.46. The van der Waals surface area contributed by atoms with Gasteiger partial charge in [-0.15, -0.1) is 0 Å². The maximum atomic E-state index is 5.50. The van der Waals surface area contributed by atoms with E-state index < -0.39 is 0 Å². The molecule has 0 spiro atoms. The summed E-state index contributed by atoms with van der Waals surface area (Å²) in [7, 11) is 0. The average molecular weight is 295 g/mol. The molecule has 4 nitrogen and oxygen atoms in total. The second kappa shape index (κ2) is 5.63. The van der Waals surface area contributed by atoms with E-state index in [4.69, 9.17) is 9.47 Å². The van der Waals surface area contributed by atoms with E-state index in [1.807, 2.05) is 25.1 Å². The van der Waals surface area contributed by atoms with Gasteiger partial charge >= 0.3 is 6.01 Å². The van der Waals surface area contributed by atoms with Gasteiger partial charge in [-0.1, -0.05) is 6.07 Å². The van der Waals surface area contributed by atoms with Gasteiger partial charge in [0.15, 0.2) is 0 Å². The van der Waals surface area contributed by atoms with E-state index in [0.29, 0.717) is 18.4 Å². The molecule has 0 saturated carbocycles. The average Bonchev–Trinajstić information content (AvgIpc) is 2.33. The number of hydrogen-bond donors (Lipinski definition) is 0. The molecular weight excluding hydrogens is 284 g/mol. The van der Waals surface area contributed by atoms with Crippen LogP contribution in [-0.4, -0.2) is 16.6 Å². The van der Waals surface area contributed by atoms with Crippen LogP contribution in [0.15, 0.2) is 41.1 Å². The van der Waals surface area contributed by atoms with Gasteiger partial charge < -0.3 is 9.47 Å². The Morgan fingerprint density at radius 1 is 1.18 bits per heavy atom. The minimum absolute atomic E-state index is 0.307. The summed E-state index contributed by atoms with van der Waals surface area (Å²) in [5, 5.41) is 0. The van der Waals surface area contributed by atoms with Crippen molar-refractivity contribution in [3.05, 3.63) is 41.1 Å². The van der Waals surface area contributed by atoms with Gasteiger partial charge in [0.2, 0.25) is 0 Å². The fraction of sp³-hybridized carbons (Fsp3) is 0.167. The van der Waals surface area contributed by atoms with Crippen LogP contribution >= 0.6 is 15.9 Å². The van der Waals surface area contributed by atoms with Crippen LogP contribution in [0.4, 0.5) is 0 Å². The third-order valence-electron chi connectivity index (χ3n) is 1.92. The molecule has 2 rings (SSSR count). The maximum absolute atomic E-state index is 5.50. The monoisotopic (exact) mass is 294 g/mol. The topological polar surface area (TPSA) is 44.2 Å². The zero-order valence-corrected chi connectivity index (χ0v) is 10.8. The molecule has 0 atom stereocenters. The Balaban J connectivity index is 2.12. The molecule has 2 aromatic rings. The third kappa shape index (κ3) is 3.42. The first-order valence-corrected chi connectivity index (χ1v) is 5.95. The van der Waals surface area contributed by atoms with Crippen molar-refractivity contribution in [2.75, 3.05) is 6.61 Å². The summed E-state index contributed by atoms with van der Waals surface area (Å²) < 4.78 is 11.7. The lowest BCUT2D eigenvalue weighted by Gasteiger charge is -2.06. The molecule has 0 aliphatic rings. The van der Waals surface area contributed by atoms with E-state index in [1.165, 1.54) is 0 Å². The van der Waals surface area contributed by atoms with Gasteiger partial charge in [0.25, 0.3) is 0 Å². The molecule has 0 bridgehead atoms. The molecule has 1 aromatic heterocycles. The van der Waals surface area contributed by atoms with Crippen molar-refractivity contribution >= 4 is 15.9 Å². The van der Waals surface area contributed by atoms with E-state index in [0.717, 1.165) is 10.2 Å². The first-order chi connectivity index (χ1) is 8.28. The quantitative estimate of drug-likeness (QED) is 0.866. The van der Waals surface area contributed by atoms with Gasteiger partial charge in [-0.3, -0.25) is 0 Å². The van der Waals surface area contributed by atoms with Gasteiger partial charge in [0.1, 0.15) is 11.5 Å². The molecule has 17 heavy (non-hydrogen) atoms. The highest BCUT2D eigenvalue weighted by Crippen LogP contribution is 2.23. The van der Waals surface area contributed by atoms with Crippen molar-refractivity contribution in [2.24, 2.45) is 0 Å². The smallest absolute Gasteiger partial charge is 0.321 e. The van der Waals surface area contributed by atoms with Crippen LogP contribution in [0.2, 0.25) is 0 Å². The van der Waals surface area contributed by atoms with Crippen molar-refractivity contribution in [1.29, 1.82) is 0 Å². The summed E-state index contributed by atoms with van der Waals surface area (Å²) in [4.78, 5) is 8.06. The number of halogens is 1. The molecule has 0 unspecified atom stereocenters. The fourth-order valence-electron chi connectivity index (χ4n) is 1.25. The number of ether oxygens (including phenoxy) is 2. The van der Waals surface area contributed by atoms with Gasteiger partial charge in [0, 0.05) is 18.5 Å². The highest BCUT2D eigenvalue weighted by Gasteiger charge is 2.01. The van der Waals surface area contributed by atoms with E-state index in [-0.39, 0.29) is 0 Å². The lowest BCUT2D eigenvalue weighted by Crippen LogP contribution is -1.93. The molecule has 0 aliphatic heterocycles. The zero-order chi connectivity index (χ0) is 12.1. The predicted molar refractivity (Wildman–Crippen MR) is 67.4 cm³/mol. The van der Waals surface area contributed by atoms with Crippen molar-refractivity contribution in [3.8, 4) is 17.5 Å². The molecule has 1 aromatic carbocycles. The molecule has 0 saturated heterocycles. The van der Waals surface area contributed by atoms with Gasteiger partial charge in [0.05, 0.1) is 11.1 Å². The summed E-state index contributed by atoms with van der Waals surface area (Å²) in [6.45, 7) is 2.56. The summed E-state index contributed by atoms with van der Waals surface area (Å²) in [6.07, 6.45) is 3.27. The molecule has 0 radical (unpaired) electrons. The largest absolute Gasteiger partial charge is 0.494 e. The number of rotatable bonds is 4. The SMILES string of the molecule is CCOc1cccc(Oc2ncc(Br)cn2)c1. The van der Waals surface area contributed by atoms with Gasteiger partial charge in [-0.2, -0.15) is 0 Å². The van der Waals surface area contributed by atoms with E-state index in [2.05, 4.69) is 25.9 Å². The van der Waals surface area contributed by atoms with E-state index in [1.54, 1.807) is 18.5 Å². The number of hydrogen-bond acceptors (Lipinski definition) is 4. The van der Waals surface area contributed by atoms with Crippen LogP contribution in [0, 0.1) is 0 Å². The lowest BCUT2D eigenvalue weighted by molar-refractivity contribution is 0.337. The normalized spacial score (nSPS) is 10.0. The van der Waals surface area contributed by atoms with Gasteiger partial charge in [-0.05, 0) is 35.0 Å². The van der Waals surface area contributed by atoms with Crippen molar-refractivity contribution in [1.82, 2.24) is 9.97 Å². The Hall–Kier alpha value is -1.62. The van der Waals surface area contributed by atoms with Crippen LogP contribution in [0.3, 0.4) is 0 Å². The highest BCUT2D eigenvalue weighted by molar-refractivity contribution is 9.10. The summed E-state index contributed by atoms with van der Waals surface area (Å²) in [5.74, 6) is 1.42. The maximum Gasteiger partial charge on any atom is 0.321 e. The second-order valence-electron chi connectivity index (χ2n) is 3.19. The molecule has 88 valence electrons. The number of benzene rings is 1. The van der Waals surface area contributed by atoms with Crippen LogP contribution in [0.5, 0.6) is 17.5 Å². The zero-order valence-electron chi connectivity index (χ0n) is 9.26. The van der Waals surface area contributed by atoms with Crippen molar-refractivity contribution < 1.29 is 9.47 Å². The Morgan fingerprint density at radius 3 is 2.59 bits per heavy atom.